The van der Waals surface area contributed by atoms with Crippen molar-refractivity contribution in [2.45, 2.75) is 23.9 Å². The Morgan fingerprint density at radius 3 is 2.21 bits per heavy atom. The molecule has 0 aliphatic carbocycles. The van der Waals surface area contributed by atoms with Gasteiger partial charge in [-0.25, -0.2) is 12.8 Å². The highest BCUT2D eigenvalue weighted by atomic mass is 32.2. The summed E-state index contributed by atoms with van der Waals surface area (Å²) in [6.45, 7) is 0.0722. The first-order valence-electron chi connectivity index (χ1n) is 9.15. The maximum absolute atomic E-state index is 13.3. The van der Waals surface area contributed by atoms with Gasteiger partial charge in [0.1, 0.15) is 11.9 Å². The first kappa shape index (κ1) is 19.3. The number of carbonyl (C=O) groups is 1. The molecular formula is C22H19FN2O3S. The average Bonchev–Trinajstić information content (AvgIpc) is 2.74. The van der Waals surface area contributed by atoms with Crippen LogP contribution in [0.15, 0.2) is 83.8 Å². The molecule has 148 valence electrons. The van der Waals surface area contributed by atoms with Crippen LogP contribution in [0.2, 0.25) is 0 Å². The van der Waals surface area contributed by atoms with E-state index in [2.05, 4.69) is 5.32 Å². The standard InChI is InChI=1S/C22H19FN2O3S/c23-18-10-12-20(13-11-18)29(27,28)25-15-17-7-5-4-6-16(17)14-21(25)22(26)24-19-8-2-1-3-9-19/h1-13,21H,14-15H2,(H,24,26)/t21-/m0/s1. The minimum absolute atomic E-state index is 0.0456. The minimum atomic E-state index is -4.00. The molecule has 1 heterocycles. The van der Waals surface area contributed by atoms with Gasteiger partial charge in [0.05, 0.1) is 4.90 Å². The molecule has 7 heteroatoms. The first-order chi connectivity index (χ1) is 13.9. The molecule has 1 aliphatic heterocycles. The molecule has 1 aliphatic rings. The molecule has 0 bridgehead atoms. The van der Waals surface area contributed by atoms with Gasteiger partial charge in [-0.05, 0) is 53.9 Å². The molecule has 3 aromatic rings. The van der Waals surface area contributed by atoms with Gasteiger partial charge in [0.2, 0.25) is 15.9 Å². The predicted molar refractivity (Wildman–Crippen MR) is 108 cm³/mol. The number of fused-ring (bicyclic) bond motifs is 1. The van der Waals surface area contributed by atoms with Crippen molar-refractivity contribution in [3.63, 3.8) is 0 Å². The molecule has 1 atom stereocenters. The van der Waals surface area contributed by atoms with Crippen molar-refractivity contribution < 1.29 is 17.6 Å². The molecule has 0 saturated carbocycles. The van der Waals surface area contributed by atoms with Gasteiger partial charge in [0.25, 0.3) is 0 Å². The van der Waals surface area contributed by atoms with Crippen LogP contribution >= 0.6 is 0 Å². The third-order valence-corrected chi connectivity index (χ3v) is 6.84. The van der Waals surface area contributed by atoms with Gasteiger partial charge < -0.3 is 5.32 Å². The van der Waals surface area contributed by atoms with Crippen molar-refractivity contribution in [2.75, 3.05) is 5.32 Å². The Kier molecular flexibility index (Phi) is 5.17. The zero-order valence-corrected chi connectivity index (χ0v) is 16.3. The third kappa shape index (κ3) is 3.92. The number of hydrogen-bond donors (Lipinski definition) is 1. The van der Waals surface area contributed by atoms with Gasteiger partial charge >= 0.3 is 0 Å². The summed E-state index contributed by atoms with van der Waals surface area (Å²) in [6.07, 6.45) is 0.259. The number of amides is 1. The summed E-state index contributed by atoms with van der Waals surface area (Å²) >= 11 is 0. The Balaban J connectivity index is 1.72. The number of sulfonamides is 1. The Morgan fingerprint density at radius 1 is 0.897 bits per heavy atom. The average molecular weight is 410 g/mol. The van der Waals surface area contributed by atoms with Crippen molar-refractivity contribution >= 4 is 21.6 Å². The molecule has 0 radical (unpaired) electrons. The van der Waals surface area contributed by atoms with E-state index in [4.69, 9.17) is 0 Å². The van der Waals surface area contributed by atoms with Crippen LogP contribution in [0.25, 0.3) is 0 Å². The van der Waals surface area contributed by atoms with Crippen molar-refractivity contribution in [2.24, 2.45) is 0 Å². The number of nitrogens with zero attached hydrogens (tertiary/aromatic N) is 1. The summed E-state index contributed by atoms with van der Waals surface area (Å²) in [4.78, 5) is 13.0. The second-order valence-electron chi connectivity index (χ2n) is 6.85. The summed E-state index contributed by atoms with van der Waals surface area (Å²) in [5.41, 5.74) is 2.38. The van der Waals surface area contributed by atoms with E-state index in [1.54, 1.807) is 24.3 Å². The van der Waals surface area contributed by atoms with Crippen LogP contribution in [-0.2, 0) is 27.8 Å². The lowest BCUT2D eigenvalue weighted by atomic mass is 9.95. The fourth-order valence-electron chi connectivity index (χ4n) is 3.46. The van der Waals surface area contributed by atoms with Crippen LogP contribution in [0.1, 0.15) is 11.1 Å². The van der Waals surface area contributed by atoms with Gasteiger partial charge in [-0.15, -0.1) is 0 Å². The molecule has 0 unspecified atom stereocenters. The van der Waals surface area contributed by atoms with Gasteiger partial charge in [-0.2, -0.15) is 4.31 Å². The lowest BCUT2D eigenvalue weighted by Gasteiger charge is -2.35. The molecule has 5 nitrogen and oxygen atoms in total. The summed E-state index contributed by atoms with van der Waals surface area (Å²) < 4.78 is 41.1. The molecule has 0 fully saturated rings. The fourth-order valence-corrected chi connectivity index (χ4v) is 5.03. The number of hydrogen-bond acceptors (Lipinski definition) is 3. The number of anilines is 1. The van der Waals surface area contributed by atoms with Crippen LogP contribution in [0.4, 0.5) is 10.1 Å². The SMILES string of the molecule is O=C(Nc1ccccc1)[C@@H]1Cc2ccccc2CN1S(=O)(=O)c1ccc(F)cc1. The largest absolute Gasteiger partial charge is 0.325 e. The minimum Gasteiger partial charge on any atom is -0.325 e. The van der Waals surface area contributed by atoms with E-state index >= 15 is 0 Å². The molecule has 3 aromatic carbocycles. The first-order valence-corrected chi connectivity index (χ1v) is 10.6. The Labute approximate surface area is 168 Å². The number of carbonyl (C=O) groups excluding carboxylic acids is 1. The second-order valence-corrected chi connectivity index (χ2v) is 8.74. The maximum Gasteiger partial charge on any atom is 0.244 e. The number of halogens is 1. The van der Waals surface area contributed by atoms with Crippen molar-refractivity contribution in [1.82, 2.24) is 4.31 Å². The number of nitrogens with one attached hydrogen (secondary N) is 1. The summed E-state index contributed by atoms with van der Waals surface area (Å²) in [5, 5.41) is 2.80. The smallest absolute Gasteiger partial charge is 0.244 e. The van der Waals surface area contributed by atoms with Gasteiger partial charge in [-0.3, -0.25) is 4.79 Å². The maximum atomic E-state index is 13.3. The van der Waals surface area contributed by atoms with Crippen molar-refractivity contribution in [3.8, 4) is 0 Å². The summed E-state index contributed by atoms with van der Waals surface area (Å²) in [6, 6.07) is 20.1. The molecule has 0 aromatic heterocycles. The fraction of sp³-hybridized carbons (Fsp3) is 0.136. The van der Waals surface area contributed by atoms with E-state index < -0.39 is 27.8 Å². The summed E-state index contributed by atoms with van der Waals surface area (Å²) in [5.74, 6) is -0.928. The number of para-hydroxylation sites is 1. The highest BCUT2D eigenvalue weighted by molar-refractivity contribution is 7.89. The van der Waals surface area contributed by atoms with Gasteiger partial charge in [0.15, 0.2) is 0 Å². The molecule has 1 N–H and O–H groups in total. The van der Waals surface area contributed by atoms with Gasteiger partial charge in [0, 0.05) is 12.2 Å². The Hall–Kier alpha value is -3.03. The van der Waals surface area contributed by atoms with Crippen LogP contribution in [0, 0.1) is 5.82 Å². The monoisotopic (exact) mass is 410 g/mol. The zero-order valence-electron chi connectivity index (χ0n) is 15.5. The number of rotatable bonds is 4. The lowest BCUT2D eigenvalue weighted by molar-refractivity contribution is -0.120. The topological polar surface area (TPSA) is 66.5 Å². The molecule has 0 saturated heterocycles. The van der Waals surface area contributed by atoms with Crippen LogP contribution in [0.5, 0.6) is 0 Å². The highest BCUT2D eigenvalue weighted by Gasteiger charge is 2.39. The van der Waals surface area contributed by atoms with Crippen LogP contribution < -0.4 is 5.32 Å². The molecular weight excluding hydrogens is 391 g/mol. The highest BCUT2D eigenvalue weighted by Crippen LogP contribution is 2.30. The van der Waals surface area contributed by atoms with E-state index in [1.807, 2.05) is 30.3 Å². The third-order valence-electron chi connectivity index (χ3n) is 4.97. The Morgan fingerprint density at radius 2 is 1.52 bits per heavy atom. The predicted octanol–water partition coefficient (Wildman–Crippen LogP) is 3.58. The van der Waals surface area contributed by atoms with Crippen molar-refractivity contribution in [1.29, 1.82) is 0 Å². The summed E-state index contributed by atoms with van der Waals surface area (Å²) in [7, 11) is -4.00. The van der Waals surface area contributed by atoms with Crippen molar-refractivity contribution in [3.05, 3.63) is 95.8 Å². The van der Waals surface area contributed by atoms with E-state index in [1.165, 1.54) is 16.4 Å². The number of benzene rings is 3. The second kappa shape index (κ2) is 7.77. The van der Waals surface area contributed by atoms with E-state index in [-0.39, 0.29) is 17.9 Å². The molecule has 0 spiro atoms. The van der Waals surface area contributed by atoms with E-state index in [0.717, 1.165) is 23.3 Å². The van der Waals surface area contributed by atoms with Gasteiger partial charge in [-0.1, -0.05) is 42.5 Å². The van der Waals surface area contributed by atoms with Crippen LogP contribution in [-0.4, -0.2) is 24.7 Å². The Bertz CT molecular complexity index is 1130. The molecule has 4 rings (SSSR count). The molecule has 1 amide bonds. The quantitative estimate of drug-likeness (QED) is 0.715. The normalized spacial score (nSPS) is 16.8. The van der Waals surface area contributed by atoms with E-state index in [9.17, 15) is 17.6 Å². The lowest BCUT2D eigenvalue weighted by Crippen LogP contribution is -2.50. The van der Waals surface area contributed by atoms with E-state index in [0.29, 0.717) is 5.69 Å². The zero-order chi connectivity index (χ0) is 20.4. The van der Waals surface area contributed by atoms with Crippen LogP contribution in [0.3, 0.4) is 0 Å². The molecule has 29 heavy (non-hydrogen) atoms.